The summed E-state index contributed by atoms with van der Waals surface area (Å²) < 4.78 is 11.0. The molecule has 5 heteroatoms. The topological polar surface area (TPSA) is 72.8 Å². The first-order valence-corrected chi connectivity index (χ1v) is 10.7. The van der Waals surface area contributed by atoms with Crippen molar-refractivity contribution >= 4 is 11.9 Å². The summed E-state index contributed by atoms with van der Waals surface area (Å²) in [6.45, 7) is 6.64. The Labute approximate surface area is 167 Å². The minimum atomic E-state index is -0.979. The van der Waals surface area contributed by atoms with Crippen LogP contribution in [0.5, 0.6) is 0 Å². The van der Waals surface area contributed by atoms with Gasteiger partial charge in [-0.2, -0.15) is 0 Å². The van der Waals surface area contributed by atoms with Crippen LogP contribution in [-0.4, -0.2) is 35.4 Å². The number of aliphatic hydroxyl groups is 1. The van der Waals surface area contributed by atoms with Crippen molar-refractivity contribution in [1.29, 1.82) is 0 Å². The van der Waals surface area contributed by atoms with Crippen LogP contribution < -0.4 is 0 Å². The largest absolute Gasteiger partial charge is 0.508 e. The zero-order valence-electron chi connectivity index (χ0n) is 17.1. The fourth-order valence-corrected chi connectivity index (χ4v) is 6.37. The molecule has 0 aromatic carbocycles. The van der Waals surface area contributed by atoms with Crippen molar-refractivity contribution in [3.05, 3.63) is 23.8 Å². The summed E-state index contributed by atoms with van der Waals surface area (Å²) in [4.78, 5) is 23.9. The predicted molar refractivity (Wildman–Crippen MR) is 105 cm³/mol. The first-order chi connectivity index (χ1) is 13.2. The highest BCUT2D eigenvalue weighted by Crippen LogP contribution is 2.62. The third-order valence-corrected chi connectivity index (χ3v) is 7.77. The zero-order chi connectivity index (χ0) is 20.1. The van der Waals surface area contributed by atoms with Gasteiger partial charge in [-0.1, -0.05) is 20.8 Å². The molecular formula is C23H32O5. The highest BCUT2D eigenvalue weighted by molar-refractivity contribution is 6.01. The third kappa shape index (κ3) is 3.12. The van der Waals surface area contributed by atoms with E-state index in [1.807, 2.05) is 13.8 Å². The lowest BCUT2D eigenvalue weighted by Crippen LogP contribution is -2.54. The van der Waals surface area contributed by atoms with E-state index in [-0.39, 0.29) is 29.1 Å². The number of carbonyl (C=O) groups is 2. The predicted octanol–water partition coefficient (Wildman–Crippen LogP) is 4.20. The Morgan fingerprint density at radius 3 is 2.79 bits per heavy atom. The maximum absolute atomic E-state index is 12.1. The van der Waals surface area contributed by atoms with E-state index in [1.54, 1.807) is 12.2 Å². The smallest absolute Gasteiger partial charge is 0.434 e. The Hall–Kier alpha value is -1.62. The van der Waals surface area contributed by atoms with Crippen LogP contribution in [0.4, 0.5) is 4.79 Å². The summed E-state index contributed by atoms with van der Waals surface area (Å²) in [5.74, 6) is 1.22. The van der Waals surface area contributed by atoms with Crippen molar-refractivity contribution < 1.29 is 24.2 Å². The van der Waals surface area contributed by atoms with Gasteiger partial charge in [-0.15, -0.1) is 0 Å². The molecule has 0 aromatic rings. The van der Waals surface area contributed by atoms with E-state index in [4.69, 9.17) is 9.47 Å². The number of rotatable bonds is 3. The number of allylic oxidation sites excluding steroid dienone is 2. The molecule has 28 heavy (non-hydrogen) atoms. The molecule has 0 aliphatic heterocycles. The van der Waals surface area contributed by atoms with Crippen molar-refractivity contribution in [1.82, 2.24) is 0 Å². The number of hydrogen-bond donors (Lipinski definition) is 1. The second kappa shape index (κ2) is 7.01. The number of ether oxygens (including phenoxy) is 2. The molecule has 0 amide bonds. The van der Waals surface area contributed by atoms with E-state index in [0.29, 0.717) is 18.4 Å². The fraction of sp³-hybridized carbons (Fsp3) is 0.739. The van der Waals surface area contributed by atoms with Crippen molar-refractivity contribution in [2.75, 3.05) is 6.61 Å². The van der Waals surface area contributed by atoms with Gasteiger partial charge >= 0.3 is 6.16 Å². The average Bonchev–Trinajstić information content (AvgIpc) is 2.97. The van der Waals surface area contributed by atoms with Gasteiger partial charge in [-0.3, -0.25) is 4.79 Å². The normalized spacial score (nSPS) is 41.8. The molecule has 1 N–H and O–H groups in total. The molecule has 3 saturated carbocycles. The SMILES string of the molecule is CC(C)COC(=O)O[C@H]1CC[C@H]2[C@@H]3CCC4=CC(=O)C=C[C@]4(O)[C@H]3CC[C@]12C. The van der Waals surface area contributed by atoms with Gasteiger partial charge in [0.2, 0.25) is 0 Å². The van der Waals surface area contributed by atoms with Gasteiger partial charge in [0.25, 0.3) is 0 Å². The molecule has 5 nitrogen and oxygen atoms in total. The van der Waals surface area contributed by atoms with E-state index in [1.165, 1.54) is 6.08 Å². The van der Waals surface area contributed by atoms with Crippen LogP contribution in [0.1, 0.15) is 59.3 Å². The van der Waals surface area contributed by atoms with Crippen LogP contribution >= 0.6 is 0 Å². The van der Waals surface area contributed by atoms with Crippen molar-refractivity contribution in [2.24, 2.45) is 29.1 Å². The first kappa shape index (κ1) is 19.7. The molecule has 4 aliphatic carbocycles. The summed E-state index contributed by atoms with van der Waals surface area (Å²) in [5.41, 5.74) is -0.162. The Morgan fingerprint density at radius 1 is 1.25 bits per heavy atom. The Balaban J connectivity index is 1.49. The zero-order valence-corrected chi connectivity index (χ0v) is 17.1. The Morgan fingerprint density at radius 2 is 2.04 bits per heavy atom. The number of hydrogen-bond acceptors (Lipinski definition) is 5. The van der Waals surface area contributed by atoms with E-state index in [0.717, 1.165) is 44.1 Å². The van der Waals surface area contributed by atoms with Gasteiger partial charge in [0.15, 0.2) is 5.78 Å². The Bertz CT molecular complexity index is 723. The Kier molecular flexibility index (Phi) is 4.93. The summed E-state index contributed by atoms with van der Waals surface area (Å²) in [7, 11) is 0. The maximum atomic E-state index is 12.1. The van der Waals surface area contributed by atoms with Gasteiger partial charge in [0.05, 0.1) is 6.61 Å². The molecule has 0 unspecified atom stereocenters. The summed E-state index contributed by atoms with van der Waals surface area (Å²) in [5, 5.41) is 11.4. The van der Waals surface area contributed by atoms with Crippen LogP contribution in [0.15, 0.2) is 23.8 Å². The van der Waals surface area contributed by atoms with Gasteiger partial charge in [-0.25, -0.2) is 4.79 Å². The lowest BCUT2D eigenvalue weighted by atomic mass is 9.51. The molecule has 0 saturated heterocycles. The van der Waals surface area contributed by atoms with Crippen molar-refractivity contribution in [2.45, 2.75) is 71.0 Å². The van der Waals surface area contributed by atoms with Crippen LogP contribution in [0.2, 0.25) is 0 Å². The highest BCUT2D eigenvalue weighted by atomic mass is 16.7. The molecule has 0 heterocycles. The molecule has 154 valence electrons. The molecule has 6 atom stereocenters. The van der Waals surface area contributed by atoms with Crippen LogP contribution in [-0.2, 0) is 14.3 Å². The summed E-state index contributed by atoms with van der Waals surface area (Å²) in [6.07, 6.45) is 9.64. The van der Waals surface area contributed by atoms with Crippen LogP contribution in [0, 0.1) is 29.1 Å². The van der Waals surface area contributed by atoms with E-state index >= 15 is 0 Å². The lowest BCUT2D eigenvalue weighted by Gasteiger charge is -2.55. The molecule has 4 aliphatic rings. The summed E-state index contributed by atoms with van der Waals surface area (Å²) in [6, 6.07) is 0. The molecule has 0 aromatic heterocycles. The molecule has 0 radical (unpaired) electrons. The molecule has 0 spiro atoms. The van der Waals surface area contributed by atoms with E-state index < -0.39 is 11.8 Å². The second-order valence-corrected chi connectivity index (χ2v) is 9.83. The quantitative estimate of drug-likeness (QED) is 0.734. The monoisotopic (exact) mass is 388 g/mol. The maximum Gasteiger partial charge on any atom is 0.508 e. The number of ketones is 1. The van der Waals surface area contributed by atoms with Crippen LogP contribution in [0.25, 0.3) is 0 Å². The van der Waals surface area contributed by atoms with Crippen molar-refractivity contribution in [3.63, 3.8) is 0 Å². The minimum Gasteiger partial charge on any atom is -0.434 e. The molecule has 0 bridgehead atoms. The van der Waals surface area contributed by atoms with E-state index in [2.05, 4.69) is 6.92 Å². The standard InChI is InChI=1S/C23H32O5/c1-14(2)13-27-21(25)28-20-7-6-18-17-5-4-15-12-16(24)8-11-23(15,26)19(17)9-10-22(18,20)3/h8,11-12,14,17-20,26H,4-7,9-10,13H2,1-3H3/t17-,18-,19-,20-,22-,23+/m0/s1. The average molecular weight is 389 g/mol. The number of carbonyl (C=O) groups excluding carboxylic acids is 2. The van der Waals surface area contributed by atoms with E-state index in [9.17, 15) is 14.7 Å². The molecular weight excluding hydrogens is 356 g/mol. The van der Waals surface area contributed by atoms with Crippen LogP contribution in [0.3, 0.4) is 0 Å². The molecule has 4 rings (SSSR count). The lowest BCUT2D eigenvalue weighted by molar-refractivity contribution is -0.113. The second-order valence-electron chi connectivity index (χ2n) is 9.83. The van der Waals surface area contributed by atoms with Gasteiger partial charge < -0.3 is 14.6 Å². The first-order valence-electron chi connectivity index (χ1n) is 10.7. The summed E-state index contributed by atoms with van der Waals surface area (Å²) >= 11 is 0. The fourth-order valence-electron chi connectivity index (χ4n) is 6.37. The van der Waals surface area contributed by atoms with Crippen molar-refractivity contribution in [3.8, 4) is 0 Å². The molecule has 3 fully saturated rings. The highest BCUT2D eigenvalue weighted by Gasteiger charge is 2.60. The third-order valence-electron chi connectivity index (χ3n) is 7.77. The van der Waals surface area contributed by atoms with Gasteiger partial charge in [0.1, 0.15) is 11.7 Å². The minimum absolute atomic E-state index is 0.0204. The number of fused-ring (bicyclic) bond motifs is 5. The van der Waals surface area contributed by atoms with Gasteiger partial charge in [0, 0.05) is 5.41 Å². The van der Waals surface area contributed by atoms with Gasteiger partial charge in [-0.05, 0) is 86.0 Å².